The number of hydrogen-bond acceptors (Lipinski definition) is 6. The molecule has 1 spiro atoms. The van der Waals surface area contributed by atoms with E-state index in [1.807, 2.05) is 42.2 Å². The van der Waals surface area contributed by atoms with E-state index in [-0.39, 0.29) is 36.8 Å². The molecule has 1 aromatic carbocycles. The number of carbonyl (C=O) groups is 3. The fraction of sp³-hybridized carbons (Fsp3) is 0.391. The van der Waals surface area contributed by atoms with Gasteiger partial charge in [0, 0.05) is 18.7 Å². The number of benzene rings is 1. The molecule has 0 bridgehead atoms. The molecular weight excluding hydrogens is 414 g/mol. The predicted octanol–water partition coefficient (Wildman–Crippen LogP) is 2.01. The van der Waals surface area contributed by atoms with Gasteiger partial charge in [-0.1, -0.05) is 30.3 Å². The van der Waals surface area contributed by atoms with Crippen LogP contribution in [0.2, 0.25) is 0 Å². The zero-order valence-corrected chi connectivity index (χ0v) is 17.9. The Labute approximate surface area is 185 Å². The van der Waals surface area contributed by atoms with Gasteiger partial charge in [0.1, 0.15) is 5.75 Å². The number of hydrogen-bond donors (Lipinski definition) is 1. The Kier molecular flexibility index (Phi) is 5.84. The van der Waals surface area contributed by atoms with Crippen LogP contribution in [-0.4, -0.2) is 70.2 Å². The van der Waals surface area contributed by atoms with Gasteiger partial charge in [0.15, 0.2) is 5.72 Å². The van der Waals surface area contributed by atoms with Crippen molar-refractivity contribution >= 4 is 18.3 Å². The fourth-order valence-corrected chi connectivity index (χ4v) is 5.04. The summed E-state index contributed by atoms with van der Waals surface area (Å²) >= 11 is 0. The summed E-state index contributed by atoms with van der Waals surface area (Å²) in [5, 5.41) is 6.89. The molecule has 9 heteroatoms. The molecule has 5 rings (SSSR count). The van der Waals surface area contributed by atoms with Gasteiger partial charge in [0.05, 0.1) is 44.0 Å². The highest BCUT2D eigenvalue weighted by Gasteiger charge is 2.65. The minimum atomic E-state index is -0.734. The maximum Gasteiger partial charge on any atom is 0.290 e. The van der Waals surface area contributed by atoms with Crippen LogP contribution >= 0.6 is 0 Å². The average molecular weight is 439 g/mol. The molecule has 2 aromatic rings. The summed E-state index contributed by atoms with van der Waals surface area (Å²) in [5.74, 6) is 0.338. The number of carbonyl (C=O) groups excluding carboxylic acids is 2. The normalized spacial score (nSPS) is 25.6. The first kappa shape index (κ1) is 21.8. The lowest BCUT2D eigenvalue weighted by Crippen LogP contribution is -2.49. The van der Waals surface area contributed by atoms with Gasteiger partial charge < -0.3 is 24.4 Å². The van der Waals surface area contributed by atoms with Crippen molar-refractivity contribution in [3.63, 3.8) is 0 Å². The van der Waals surface area contributed by atoms with Crippen LogP contribution in [-0.2, 0) is 14.3 Å². The Balaban J connectivity index is 0.000000775. The molecule has 4 heterocycles. The van der Waals surface area contributed by atoms with Gasteiger partial charge in [-0.25, -0.2) is 0 Å². The maximum atomic E-state index is 13.4. The molecule has 9 nitrogen and oxygen atoms in total. The third kappa shape index (κ3) is 3.38. The molecule has 2 amide bonds. The second kappa shape index (κ2) is 8.58. The lowest BCUT2D eigenvalue weighted by atomic mass is 10.0. The topological polar surface area (TPSA) is 109 Å². The number of ether oxygens (including phenoxy) is 2. The van der Waals surface area contributed by atoms with Gasteiger partial charge >= 0.3 is 0 Å². The number of rotatable bonds is 3. The first-order valence-corrected chi connectivity index (χ1v) is 10.4. The molecule has 32 heavy (non-hydrogen) atoms. The lowest BCUT2D eigenvalue weighted by molar-refractivity contribution is -0.138. The standard InChI is InChI=1S/C22H23N3O4.CH2O2/c1-14-10-16(18(28-2)12-23-14)21(27)24-9-8-22-19(24)11-20(26)25(22)17(13-29-22)15-6-4-3-5-7-15;2-1-3/h3-7,10,12,17,19H,8-9,11,13H2,1-2H3;1H,(H,2,3)/t17-,19+,22-;/m0./s1. The monoisotopic (exact) mass is 439 g/mol. The Morgan fingerprint density at radius 2 is 2.06 bits per heavy atom. The summed E-state index contributed by atoms with van der Waals surface area (Å²) in [6.07, 6.45) is 2.46. The lowest BCUT2D eigenvalue weighted by Gasteiger charge is -2.33. The van der Waals surface area contributed by atoms with E-state index in [0.717, 1.165) is 11.3 Å². The predicted molar refractivity (Wildman–Crippen MR) is 113 cm³/mol. The molecule has 3 saturated heterocycles. The summed E-state index contributed by atoms with van der Waals surface area (Å²) in [5.41, 5.74) is 1.55. The highest BCUT2D eigenvalue weighted by Crippen LogP contribution is 2.51. The van der Waals surface area contributed by atoms with E-state index in [0.29, 0.717) is 30.9 Å². The van der Waals surface area contributed by atoms with Gasteiger partial charge in [0.25, 0.3) is 12.4 Å². The molecular formula is C23H25N3O6. The van der Waals surface area contributed by atoms with E-state index >= 15 is 0 Å². The zero-order chi connectivity index (χ0) is 22.9. The highest BCUT2D eigenvalue weighted by molar-refractivity contribution is 5.98. The third-order valence-corrected chi connectivity index (χ3v) is 6.35. The van der Waals surface area contributed by atoms with Crippen molar-refractivity contribution in [2.75, 3.05) is 20.3 Å². The van der Waals surface area contributed by atoms with Crippen LogP contribution in [0.5, 0.6) is 5.75 Å². The average Bonchev–Trinajstić information content (AvgIpc) is 3.43. The Hall–Kier alpha value is -3.46. The van der Waals surface area contributed by atoms with Crippen molar-refractivity contribution in [2.24, 2.45) is 0 Å². The molecule has 3 aliphatic heterocycles. The molecule has 0 radical (unpaired) electrons. The quantitative estimate of drug-likeness (QED) is 0.729. The summed E-state index contributed by atoms with van der Waals surface area (Å²) < 4.78 is 11.6. The van der Waals surface area contributed by atoms with Crippen molar-refractivity contribution in [1.82, 2.24) is 14.8 Å². The number of methoxy groups -OCH3 is 1. The Bertz CT molecular complexity index is 1030. The molecule has 0 saturated carbocycles. The van der Waals surface area contributed by atoms with Gasteiger partial charge in [-0.15, -0.1) is 0 Å². The number of pyridine rings is 1. The van der Waals surface area contributed by atoms with Crippen molar-refractivity contribution in [3.05, 3.63) is 59.4 Å². The maximum absolute atomic E-state index is 13.4. The summed E-state index contributed by atoms with van der Waals surface area (Å²) in [7, 11) is 1.53. The molecule has 168 valence electrons. The zero-order valence-electron chi connectivity index (χ0n) is 17.9. The highest BCUT2D eigenvalue weighted by atomic mass is 16.5. The van der Waals surface area contributed by atoms with Gasteiger partial charge in [-0.05, 0) is 18.6 Å². The fourth-order valence-electron chi connectivity index (χ4n) is 5.04. The number of aryl methyl sites for hydroxylation is 1. The van der Waals surface area contributed by atoms with Gasteiger partial charge in [0.2, 0.25) is 5.91 Å². The van der Waals surface area contributed by atoms with Crippen molar-refractivity contribution in [1.29, 1.82) is 0 Å². The van der Waals surface area contributed by atoms with Crippen molar-refractivity contribution in [3.8, 4) is 5.75 Å². The summed E-state index contributed by atoms with van der Waals surface area (Å²) in [6.45, 7) is 2.58. The van der Waals surface area contributed by atoms with Crippen molar-refractivity contribution in [2.45, 2.75) is 37.6 Å². The number of amides is 2. The number of likely N-dealkylation sites (tertiary alicyclic amines) is 1. The van der Waals surface area contributed by atoms with Crippen LogP contribution in [0.25, 0.3) is 0 Å². The molecule has 0 unspecified atom stereocenters. The van der Waals surface area contributed by atoms with Gasteiger partial charge in [-0.2, -0.15) is 0 Å². The number of nitrogens with zero attached hydrogens (tertiary/aromatic N) is 3. The van der Waals surface area contributed by atoms with E-state index in [9.17, 15) is 9.59 Å². The second-order valence-corrected chi connectivity index (χ2v) is 7.95. The Morgan fingerprint density at radius 3 is 2.75 bits per heavy atom. The second-order valence-electron chi connectivity index (χ2n) is 7.95. The van der Waals surface area contributed by atoms with Crippen LogP contribution in [0.15, 0.2) is 42.6 Å². The molecule has 1 N–H and O–H groups in total. The third-order valence-electron chi connectivity index (χ3n) is 6.35. The van der Waals surface area contributed by atoms with E-state index in [2.05, 4.69) is 4.98 Å². The van der Waals surface area contributed by atoms with E-state index in [1.54, 1.807) is 17.2 Å². The minimum Gasteiger partial charge on any atom is -0.494 e. The van der Waals surface area contributed by atoms with Crippen LogP contribution in [0.1, 0.15) is 40.5 Å². The first-order chi connectivity index (χ1) is 15.5. The van der Waals surface area contributed by atoms with Crippen molar-refractivity contribution < 1.29 is 29.0 Å². The largest absolute Gasteiger partial charge is 0.494 e. The number of carboxylic acid groups (broad SMARTS) is 1. The summed E-state index contributed by atoms with van der Waals surface area (Å²) in [4.78, 5) is 42.6. The number of aromatic nitrogens is 1. The SMILES string of the molecule is COc1cnc(C)cc1C(=O)N1CC[C@@]23OC[C@@H](c4ccccc4)N2C(=O)C[C@@H]13.O=CO. The summed E-state index contributed by atoms with van der Waals surface area (Å²) in [6, 6.07) is 11.3. The van der Waals surface area contributed by atoms with Crippen LogP contribution in [0.4, 0.5) is 0 Å². The van der Waals surface area contributed by atoms with E-state index < -0.39 is 5.72 Å². The van der Waals surface area contributed by atoms with E-state index in [1.165, 1.54) is 7.11 Å². The first-order valence-electron chi connectivity index (χ1n) is 10.4. The molecule has 0 aliphatic carbocycles. The van der Waals surface area contributed by atoms with Crippen LogP contribution in [0.3, 0.4) is 0 Å². The minimum absolute atomic E-state index is 0.0386. The van der Waals surface area contributed by atoms with Crippen LogP contribution < -0.4 is 4.74 Å². The van der Waals surface area contributed by atoms with E-state index in [4.69, 9.17) is 19.4 Å². The smallest absolute Gasteiger partial charge is 0.290 e. The molecule has 3 atom stereocenters. The Morgan fingerprint density at radius 1 is 1.34 bits per heavy atom. The molecule has 3 aliphatic rings. The van der Waals surface area contributed by atoms with Crippen LogP contribution in [0, 0.1) is 6.92 Å². The molecule has 3 fully saturated rings. The van der Waals surface area contributed by atoms with Gasteiger partial charge in [-0.3, -0.25) is 19.4 Å². The molecule has 1 aromatic heterocycles.